The molecule has 1 N–H and O–H groups in total. The van der Waals surface area contributed by atoms with E-state index < -0.39 is 0 Å². The van der Waals surface area contributed by atoms with Gasteiger partial charge < -0.3 is 10.0 Å². The molecule has 4 heteroatoms. The minimum atomic E-state index is -0.00673. The van der Waals surface area contributed by atoms with E-state index in [1.54, 1.807) is 0 Å². The number of aromatic hydroxyl groups is 1. The van der Waals surface area contributed by atoms with Crippen molar-refractivity contribution < 1.29 is 5.11 Å². The first-order valence-corrected chi connectivity index (χ1v) is 7.55. The highest BCUT2D eigenvalue weighted by molar-refractivity contribution is 6.37. The molecule has 2 rings (SSSR count). The van der Waals surface area contributed by atoms with Crippen LogP contribution in [0.4, 0.5) is 0 Å². The van der Waals surface area contributed by atoms with Gasteiger partial charge in [0, 0.05) is 6.54 Å². The zero-order valence-corrected chi connectivity index (χ0v) is 13.0. The van der Waals surface area contributed by atoms with Gasteiger partial charge in [0.1, 0.15) is 0 Å². The molecule has 1 aromatic rings. The Morgan fingerprint density at radius 1 is 1.21 bits per heavy atom. The highest BCUT2D eigenvalue weighted by Crippen LogP contribution is 2.41. The summed E-state index contributed by atoms with van der Waals surface area (Å²) in [5.74, 6) is 1.24. The minimum absolute atomic E-state index is 0.00673. The molecule has 0 bridgehead atoms. The molecular weight excluding hydrogens is 281 g/mol. The van der Waals surface area contributed by atoms with Gasteiger partial charge in [0.25, 0.3) is 0 Å². The fourth-order valence-electron chi connectivity index (χ4n) is 3.10. The fraction of sp³-hybridized carbons (Fsp3) is 0.600. The minimum Gasteiger partial charge on any atom is -0.505 e. The van der Waals surface area contributed by atoms with Crippen molar-refractivity contribution in [1.82, 2.24) is 4.90 Å². The number of hydrogen-bond donors (Lipinski definition) is 1. The molecule has 0 heterocycles. The van der Waals surface area contributed by atoms with Crippen LogP contribution in [-0.4, -0.2) is 30.6 Å². The lowest BCUT2D eigenvalue weighted by atomic mass is 9.78. The van der Waals surface area contributed by atoms with Gasteiger partial charge in [-0.25, -0.2) is 0 Å². The Kier molecular flexibility index (Phi) is 4.99. The van der Waals surface area contributed by atoms with Gasteiger partial charge >= 0.3 is 0 Å². The normalized spacial score (nSPS) is 23.8. The zero-order chi connectivity index (χ0) is 14.0. The fourth-order valence-corrected chi connectivity index (χ4v) is 3.60. The summed E-state index contributed by atoms with van der Waals surface area (Å²) in [5.41, 5.74) is 1.16. The molecule has 0 saturated heterocycles. The molecule has 1 aliphatic rings. The summed E-state index contributed by atoms with van der Waals surface area (Å²) < 4.78 is 0. The maximum absolute atomic E-state index is 9.63. The average molecular weight is 302 g/mol. The van der Waals surface area contributed by atoms with E-state index in [1.165, 1.54) is 25.7 Å². The van der Waals surface area contributed by atoms with Crippen LogP contribution >= 0.6 is 23.2 Å². The van der Waals surface area contributed by atoms with Gasteiger partial charge in [-0.2, -0.15) is 0 Å². The molecule has 2 nitrogen and oxygen atoms in total. The lowest BCUT2D eigenvalue weighted by molar-refractivity contribution is 0.246. The van der Waals surface area contributed by atoms with Crippen LogP contribution in [0.1, 0.15) is 37.2 Å². The van der Waals surface area contributed by atoms with Crippen molar-refractivity contribution in [3.05, 3.63) is 27.7 Å². The molecular formula is C15H21Cl2NO. The summed E-state index contributed by atoms with van der Waals surface area (Å²) in [4.78, 5) is 2.25. The Bertz CT molecular complexity index is 425. The molecule has 0 radical (unpaired) electrons. The first-order chi connectivity index (χ1) is 8.97. The Labute approximate surface area is 125 Å². The second-order valence-corrected chi connectivity index (χ2v) is 6.64. The quantitative estimate of drug-likeness (QED) is 0.886. The molecule has 0 aliphatic heterocycles. The molecule has 0 amide bonds. The van der Waals surface area contributed by atoms with Crippen molar-refractivity contribution in [1.29, 1.82) is 0 Å². The van der Waals surface area contributed by atoms with E-state index in [9.17, 15) is 5.11 Å². The van der Waals surface area contributed by atoms with E-state index in [0.29, 0.717) is 16.0 Å². The molecule has 1 fully saturated rings. The first kappa shape index (κ1) is 15.0. The number of phenols is 1. The van der Waals surface area contributed by atoms with E-state index in [2.05, 4.69) is 19.0 Å². The smallest absolute Gasteiger partial charge is 0.152 e. The van der Waals surface area contributed by atoms with Crippen LogP contribution in [0.3, 0.4) is 0 Å². The van der Waals surface area contributed by atoms with E-state index in [0.717, 1.165) is 18.0 Å². The Hall–Kier alpha value is -0.440. The monoisotopic (exact) mass is 301 g/mol. The van der Waals surface area contributed by atoms with Crippen LogP contribution in [0.5, 0.6) is 5.75 Å². The third-order valence-corrected chi connectivity index (χ3v) is 4.49. The topological polar surface area (TPSA) is 23.5 Å². The van der Waals surface area contributed by atoms with Gasteiger partial charge in [0.2, 0.25) is 0 Å². The van der Waals surface area contributed by atoms with Crippen LogP contribution in [0.2, 0.25) is 10.0 Å². The van der Waals surface area contributed by atoms with Crippen molar-refractivity contribution in [2.24, 2.45) is 5.92 Å². The summed E-state index contributed by atoms with van der Waals surface area (Å²) in [5, 5.41) is 10.3. The molecule has 1 saturated carbocycles. The number of rotatable bonds is 3. The van der Waals surface area contributed by atoms with Gasteiger partial charge in [-0.3, -0.25) is 0 Å². The Balaban J connectivity index is 2.13. The average Bonchev–Trinajstić information content (AvgIpc) is 2.35. The number of hydrogen-bond acceptors (Lipinski definition) is 2. The van der Waals surface area contributed by atoms with Crippen molar-refractivity contribution in [3.63, 3.8) is 0 Å². The molecule has 2 atom stereocenters. The van der Waals surface area contributed by atoms with E-state index >= 15 is 0 Å². The summed E-state index contributed by atoms with van der Waals surface area (Å²) in [6.07, 6.45) is 4.91. The van der Waals surface area contributed by atoms with Gasteiger partial charge in [0.05, 0.1) is 10.0 Å². The number of halogens is 2. The maximum Gasteiger partial charge on any atom is 0.152 e. The van der Waals surface area contributed by atoms with E-state index in [4.69, 9.17) is 23.2 Å². The molecule has 1 aliphatic carbocycles. The number of nitrogens with zero attached hydrogens (tertiary/aromatic N) is 1. The first-order valence-electron chi connectivity index (χ1n) is 6.80. The summed E-state index contributed by atoms with van der Waals surface area (Å²) >= 11 is 12.0. The predicted molar refractivity (Wildman–Crippen MR) is 81.4 cm³/mol. The third-order valence-electron chi connectivity index (χ3n) is 3.92. The molecule has 0 spiro atoms. The van der Waals surface area contributed by atoms with Crippen molar-refractivity contribution in [2.45, 2.75) is 31.6 Å². The second-order valence-electron chi connectivity index (χ2n) is 5.82. The number of benzene rings is 1. The molecule has 0 aromatic heterocycles. The Morgan fingerprint density at radius 2 is 1.84 bits per heavy atom. The lowest BCUT2D eigenvalue weighted by Crippen LogP contribution is -2.25. The third kappa shape index (κ3) is 3.77. The van der Waals surface area contributed by atoms with Crippen LogP contribution in [-0.2, 0) is 0 Å². The van der Waals surface area contributed by atoms with Crippen molar-refractivity contribution in [2.75, 3.05) is 20.6 Å². The van der Waals surface area contributed by atoms with Gasteiger partial charge in [-0.05, 0) is 62.9 Å². The van der Waals surface area contributed by atoms with Gasteiger partial charge in [0.15, 0.2) is 5.75 Å². The van der Waals surface area contributed by atoms with Crippen molar-refractivity contribution in [3.8, 4) is 5.75 Å². The Morgan fingerprint density at radius 3 is 2.42 bits per heavy atom. The highest BCUT2D eigenvalue weighted by Gasteiger charge is 2.24. The lowest BCUT2D eigenvalue weighted by Gasteiger charge is -2.31. The van der Waals surface area contributed by atoms with Crippen molar-refractivity contribution >= 4 is 23.2 Å². The number of phenolic OH excluding ortho intramolecular Hbond substituents is 1. The summed E-state index contributed by atoms with van der Waals surface area (Å²) in [6.45, 7) is 1.13. The van der Waals surface area contributed by atoms with Gasteiger partial charge in [-0.1, -0.05) is 29.6 Å². The highest BCUT2D eigenvalue weighted by atomic mass is 35.5. The van der Waals surface area contributed by atoms with Crippen LogP contribution in [0.15, 0.2) is 12.1 Å². The summed E-state index contributed by atoms with van der Waals surface area (Å²) in [7, 11) is 4.25. The predicted octanol–water partition coefficient (Wildman–Crippen LogP) is 4.53. The molecule has 19 heavy (non-hydrogen) atoms. The van der Waals surface area contributed by atoms with Crippen LogP contribution in [0.25, 0.3) is 0 Å². The largest absolute Gasteiger partial charge is 0.505 e. The van der Waals surface area contributed by atoms with Crippen LogP contribution in [0, 0.1) is 5.92 Å². The summed E-state index contributed by atoms with van der Waals surface area (Å²) in [6, 6.07) is 3.73. The molecule has 1 aromatic carbocycles. The molecule has 106 valence electrons. The van der Waals surface area contributed by atoms with E-state index in [1.807, 2.05) is 12.1 Å². The van der Waals surface area contributed by atoms with E-state index in [-0.39, 0.29) is 5.75 Å². The second kappa shape index (κ2) is 6.34. The zero-order valence-electron chi connectivity index (χ0n) is 11.5. The maximum atomic E-state index is 9.63. The van der Waals surface area contributed by atoms with Gasteiger partial charge in [-0.15, -0.1) is 0 Å². The standard InChI is InChI=1S/C15H21Cl2NO/c1-18(2)9-10-4-3-5-11(6-10)12-7-13(16)15(19)14(17)8-12/h7-8,10-11,19H,3-6,9H2,1-2H3. The molecule has 2 unspecified atom stereocenters. The van der Waals surface area contributed by atoms with Crippen LogP contribution < -0.4 is 0 Å². The SMILES string of the molecule is CN(C)CC1CCCC(c2cc(Cl)c(O)c(Cl)c2)C1.